The lowest BCUT2D eigenvalue weighted by molar-refractivity contribution is -0.132. The molecule has 15 heavy (non-hydrogen) atoms. The summed E-state index contributed by atoms with van der Waals surface area (Å²) in [6.45, 7) is 3.49. The summed E-state index contributed by atoms with van der Waals surface area (Å²) in [6.07, 6.45) is 5.32. The average Bonchev–Trinajstić information content (AvgIpc) is 2.97. The number of carbonyl (C=O) groups is 2. The third-order valence-electron chi connectivity index (χ3n) is 2.35. The van der Waals surface area contributed by atoms with Crippen molar-refractivity contribution in [2.24, 2.45) is 5.92 Å². The molecule has 84 valence electrons. The van der Waals surface area contributed by atoms with E-state index in [1.165, 1.54) is 12.8 Å². The summed E-state index contributed by atoms with van der Waals surface area (Å²) >= 11 is 0. The molecule has 1 rings (SSSR count). The van der Waals surface area contributed by atoms with Crippen molar-refractivity contribution in [2.45, 2.75) is 26.2 Å². The van der Waals surface area contributed by atoms with Gasteiger partial charge >= 0.3 is 5.97 Å². The van der Waals surface area contributed by atoms with E-state index in [9.17, 15) is 9.59 Å². The van der Waals surface area contributed by atoms with Crippen LogP contribution in [0.1, 0.15) is 26.2 Å². The third kappa shape index (κ3) is 4.63. The average molecular weight is 211 g/mol. The molecule has 1 N–H and O–H groups in total. The van der Waals surface area contributed by atoms with Crippen LogP contribution in [-0.2, 0) is 9.59 Å². The first-order valence-corrected chi connectivity index (χ1v) is 5.33. The van der Waals surface area contributed by atoms with Crippen LogP contribution in [-0.4, -0.2) is 35.0 Å². The van der Waals surface area contributed by atoms with Crippen LogP contribution in [0, 0.1) is 5.92 Å². The second-order valence-electron chi connectivity index (χ2n) is 3.90. The number of amides is 1. The molecule has 1 fully saturated rings. The van der Waals surface area contributed by atoms with Gasteiger partial charge in [0.05, 0.1) is 0 Å². The zero-order chi connectivity index (χ0) is 11.3. The van der Waals surface area contributed by atoms with Gasteiger partial charge in [-0.25, -0.2) is 4.79 Å². The highest BCUT2D eigenvalue weighted by molar-refractivity contribution is 5.93. The molecular formula is C11H17NO3. The van der Waals surface area contributed by atoms with Crippen LogP contribution < -0.4 is 0 Å². The molecule has 0 bridgehead atoms. The Morgan fingerprint density at radius 1 is 1.40 bits per heavy atom. The third-order valence-corrected chi connectivity index (χ3v) is 2.35. The standard InChI is InChI=1S/C11H17NO3/c1-2-7-12(8-9-3-4-9)10(13)5-6-11(14)15/h5-6,9H,2-4,7-8H2,1H3,(H,14,15)/b6-5+. The normalized spacial score (nSPS) is 15.5. The number of hydrogen-bond donors (Lipinski definition) is 1. The van der Waals surface area contributed by atoms with E-state index in [-0.39, 0.29) is 5.91 Å². The van der Waals surface area contributed by atoms with Gasteiger partial charge < -0.3 is 10.0 Å². The fourth-order valence-corrected chi connectivity index (χ4v) is 1.42. The highest BCUT2D eigenvalue weighted by Gasteiger charge is 2.25. The van der Waals surface area contributed by atoms with Gasteiger partial charge in [0, 0.05) is 25.2 Å². The van der Waals surface area contributed by atoms with Crippen LogP contribution in [0.4, 0.5) is 0 Å². The highest BCUT2D eigenvalue weighted by atomic mass is 16.4. The Hall–Kier alpha value is -1.32. The molecular weight excluding hydrogens is 194 g/mol. The van der Waals surface area contributed by atoms with Crippen molar-refractivity contribution in [2.75, 3.05) is 13.1 Å². The predicted octanol–water partition coefficient (Wildman–Crippen LogP) is 1.28. The Labute approximate surface area is 89.6 Å². The van der Waals surface area contributed by atoms with Gasteiger partial charge in [-0.2, -0.15) is 0 Å². The second-order valence-corrected chi connectivity index (χ2v) is 3.90. The Morgan fingerprint density at radius 2 is 2.07 bits per heavy atom. The van der Waals surface area contributed by atoms with E-state index in [2.05, 4.69) is 0 Å². The topological polar surface area (TPSA) is 57.6 Å². The Morgan fingerprint density at radius 3 is 2.53 bits per heavy atom. The van der Waals surface area contributed by atoms with E-state index in [1.807, 2.05) is 6.92 Å². The lowest BCUT2D eigenvalue weighted by atomic mass is 10.3. The summed E-state index contributed by atoms with van der Waals surface area (Å²) in [5, 5.41) is 8.41. The smallest absolute Gasteiger partial charge is 0.328 e. The van der Waals surface area contributed by atoms with E-state index >= 15 is 0 Å². The number of hydrogen-bond acceptors (Lipinski definition) is 2. The van der Waals surface area contributed by atoms with Gasteiger partial charge in [0.25, 0.3) is 0 Å². The summed E-state index contributed by atoms with van der Waals surface area (Å²) in [7, 11) is 0. The molecule has 0 radical (unpaired) electrons. The molecule has 1 saturated carbocycles. The fourth-order valence-electron chi connectivity index (χ4n) is 1.42. The lowest BCUT2D eigenvalue weighted by Gasteiger charge is -2.19. The minimum atomic E-state index is -1.08. The van der Waals surface area contributed by atoms with Gasteiger partial charge in [-0.1, -0.05) is 6.92 Å². The maximum Gasteiger partial charge on any atom is 0.328 e. The van der Waals surface area contributed by atoms with Crippen LogP contribution >= 0.6 is 0 Å². The van der Waals surface area contributed by atoms with Crippen molar-refractivity contribution in [1.82, 2.24) is 4.90 Å². The van der Waals surface area contributed by atoms with E-state index in [0.29, 0.717) is 12.5 Å². The summed E-state index contributed by atoms with van der Waals surface area (Å²) in [5.41, 5.74) is 0. The minimum Gasteiger partial charge on any atom is -0.478 e. The van der Waals surface area contributed by atoms with Crippen molar-refractivity contribution >= 4 is 11.9 Å². The number of carboxylic acid groups (broad SMARTS) is 1. The maximum atomic E-state index is 11.6. The van der Waals surface area contributed by atoms with Gasteiger partial charge in [0.2, 0.25) is 5.91 Å². The molecule has 0 saturated heterocycles. The molecule has 0 aliphatic heterocycles. The van der Waals surface area contributed by atoms with Gasteiger partial charge in [-0.05, 0) is 25.2 Å². The van der Waals surface area contributed by atoms with E-state index in [4.69, 9.17) is 5.11 Å². The van der Waals surface area contributed by atoms with E-state index < -0.39 is 5.97 Å². The molecule has 4 heteroatoms. The predicted molar refractivity (Wildman–Crippen MR) is 56.4 cm³/mol. The van der Waals surface area contributed by atoms with Crippen LogP contribution in [0.2, 0.25) is 0 Å². The van der Waals surface area contributed by atoms with Gasteiger partial charge in [0.1, 0.15) is 0 Å². The number of nitrogens with zero attached hydrogens (tertiary/aromatic N) is 1. The molecule has 1 aliphatic rings. The van der Waals surface area contributed by atoms with Crippen molar-refractivity contribution in [3.8, 4) is 0 Å². The van der Waals surface area contributed by atoms with Crippen LogP contribution in [0.5, 0.6) is 0 Å². The van der Waals surface area contributed by atoms with Crippen LogP contribution in [0.3, 0.4) is 0 Å². The molecule has 0 aromatic rings. The number of carboxylic acids is 1. The molecule has 0 atom stereocenters. The fraction of sp³-hybridized carbons (Fsp3) is 0.636. The first-order chi connectivity index (χ1) is 7.13. The van der Waals surface area contributed by atoms with Gasteiger partial charge in [0.15, 0.2) is 0 Å². The first kappa shape index (κ1) is 11.8. The van der Waals surface area contributed by atoms with E-state index in [1.54, 1.807) is 4.90 Å². The second kappa shape index (κ2) is 5.53. The molecule has 1 aliphatic carbocycles. The molecule has 0 aromatic heterocycles. The van der Waals surface area contributed by atoms with E-state index in [0.717, 1.165) is 25.1 Å². The molecule has 4 nitrogen and oxygen atoms in total. The van der Waals surface area contributed by atoms with Crippen LogP contribution in [0.15, 0.2) is 12.2 Å². The largest absolute Gasteiger partial charge is 0.478 e. The Balaban J connectivity index is 2.45. The highest BCUT2D eigenvalue weighted by Crippen LogP contribution is 2.29. The molecule has 0 aromatic carbocycles. The SMILES string of the molecule is CCCN(CC1CC1)C(=O)/C=C/C(=O)O. The summed E-state index contributed by atoms with van der Waals surface area (Å²) in [4.78, 5) is 23.6. The molecule has 0 heterocycles. The Kier molecular flexibility index (Phi) is 4.34. The number of carbonyl (C=O) groups excluding carboxylic acids is 1. The quantitative estimate of drug-likeness (QED) is 0.673. The van der Waals surface area contributed by atoms with Gasteiger partial charge in [-0.15, -0.1) is 0 Å². The van der Waals surface area contributed by atoms with Crippen molar-refractivity contribution in [3.05, 3.63) is 12.2 Å². The monoisotopic (exact) mass is 211 g/mol. The van der Waals surface area contributed by atoms with Gasteiger partial charge in [-0.3, -0.25) is 4.79 Å². The van der Waals surface area contributed by atoms with Crippen molar-refractivity contribution in [1.29, 1.82) is 0 Å². The molecule has 0 spiro atoms. The van der Waals surface area contributed by atoms with Crippen LogP contribution in [0.25, 0.3) is 0 Å². The zero-order valence-corrected chi connectivity index (χ0v) is 8.98. The molecule has 0 unspecified atom stereocenters. The summed E-state index contributed by atoms with van der Waals surface area (Å²) < 4.78 is 0. The first-order valence-electron chi connectivity index (χ1n) is 5.33. The number of rotatable bonds is 6. The maximum absolute atomic E-state index is 11.6. The van der Waals surface area contributed by atoms with Crippen molar-refractivity contribution in [3.63, 3.8) is 0 Å². The minimum absolute atomic E-state index is 0.189. The van der Waals surface area contributed by atoms with Crippen molar-refractivity contribution < 1.29 is 14.7 Å². The molecule has 1 amide bonds. The number of aliphatic carboxylic acids is 1. The zero-order valence-electron chi connectivity index (χ0n) is 8.98. The summed E-state index contributed by atoms with van der Waals surface area (Å²) in [6, 6.07) is 0. The summed E-state index contributed by atoms with van der Waals surface area (Å²) in [5.74, 6) is -0.629. The Bertz CT molecular complexity index is 269. The lowest BCUT2D eigenvalue weighted by Crippen LogP contribution is -2.32.